The molecular weight excluding hydrogens is 561 g/mol. The molecule has 2 heterocycles. The van der Waals surface area contributed by atoms with Crippen molar-refractivity contribution in [2.75, 3.05) is 23.9 Å². The van der Waals surface area contributed by atoms with E-state index in [0.29, 0.717) is 24.2 Å². The van der Waals surface area contributed by atoms with Crippen molar-refractivity contribution in [1.82, 2.24) is 15.1 Å². The van der Waals surface area contributed by atoms with Gasteiger partial charge >= 0.3 is 6.18 Å². The van der Waals surface area contributed by atoms with Crippen LogP contribution in [0.1, 0.15) is 51.1 Å². The summed E-state index contributed by atoms with van der Waals surface area (Å²) in [6.45, 7) is -1.40. The van der Waals surface area contributed by atoms with E-state index >= 15 is 0 Å². The van der Waals surface area contributed by atoms with Gasteiger partial charge in [-0.1, -0.05) is 12.1 Å². The normalized spacial score (nSPS) is 19.5. The maximum absolute atomic E-state index is 13.7. The average Bonchev–Trinajstić information content (AvgIpc) is 3.57. The van der Waals surface area contributed by atoms with Crippen LogP contribution in [0.5, 0.6) is 5.75 Å². The maximum atomic E-state index is 13.7. The average molecular weight is 589 g/mol. The van der Waals surface area contributed by atoms with Crippen molar-refractivity contribution in [3.05, 3.63) is 69.9 Å². The van der Waals surface area contributed by atoms with Gasteiger partial charge in [0.15, 0.2) is 16.4 Å². The van der Waals surface area contributed by atoms with Crippen molar-refractivity contribution in [2.24, 2.45) is 0 Å². The number of aromatic nitrogens is 2. The third-order valence-electron chi connectivity index (χ3n) is 7.80. The number of sulfone groups is 1. The maximum Gasteiger partial charge on any atom is 0.422 e. The zero-order valence-electron chi connectivity index (χ0n) is 22.1. The largest absolute Gasteiger partial charge is 0.484 e. The van der Waals surface area contributed by atoms with Crippen LogP contribution in [0.2, 0.25) is 0 Å². The molecule has 0 saturated carbocycles. The number of halogens is 3. The fourth-order valence-electron chi connectivity index (χ4n) is 6.13. The van der Waals surface area contributed by atoms with E-state index in [-0.39, 0.29) is 23.6 Å². The lowest BCUT2D eigenvalue weighted by Gasteiger charge is -2.35. The molecule has 1 aromatic heterocycles. The van der Waals surface area contributed by atoms with Gasteiger partial charge in [-0.25, -0.2) is 13.1 Å². The summed E-state index contributed by atoms with van der Waals surface area (Å²) in [5.74, 6) is -1.85. The molecule has 2 aliphatic carbocycles. The summed E-state index contributed by atoms with van der Waals surface area (Å²) in [5.41, 5.74) is 4.29. The number of ether oxygens (including phenoxy) is 1. The topological polar surface area (TPSA) is 119 Å². The van der Waals surface area contributed by atoms with Gasteiger partial charge in [-0.15, -0.1) is 0 Å². The predicted octanol–water partition coefficient (Wildman–Crippen LogP) is 3.41. The van der Waals surface area contributed by atoms with Crippen molar-refractivity contribution in [3.63, 3.8) is 0 Å². The van der Waals surface area contributed by atoms with Crippen LogP contribution < -0.4 is 15.4 Å². The molecular formula is C28H27F3N4O5S. The standard InChI is InChI=1S/C28H27F3N4O5S/c1-41(38,39)14-23(36)32-25-24-22(34-35(25)19-6-5-16-3-2-4-17(16)11-19)13-27(33-26(24)37)10-9-18-12-20(7-8-21(18)27)40-15-28(29,30)31/h5-8,11-12H,2-4,9-10,13-15H2,1H3,(H,32,36)(H,33,37)/t27-/m0/s1. The Morgan fingerprint density at radius 2 is 1.90 bits per heavy atom. The fraction of sp³-hybridized carbons (Fsp3) is 0.393. The van der Waals surface area contributed by atoms with Crippen molar-refractivity contribution < 1.29 is 35.9 Å². The summed E-state index contributed by atoms with van der Waals surface area (Å²) >= 11 is 0. The zero-order valence-corrected chi connectivity index (χ0v) is 22.9. The van der Waals surface area contributed by atoms with Crippen molar-refractivity contribution >= 4 is 27.5 Å². The fourth-order valence-corrected chi connectivity index (χ4v) is 6.68. The highest BCUT2D eigenvalue weighted by molar-refractivity contribution is 7.91. The van der Waals surface area contributed by atoms with Gasteiger partial charge in [-0.05, 0) is 78.6 Å². The van der Waals surface area contributed by atoms with Gasteiger partial charge in [0.25, 0.3) is 5.91 Å². The molecule has 0 unspecified atom stereocenters. The van der Waals surface area contributed by atoms with E-state index in [1.807, 2.05) is 18.2 Å². The van der Waals surface area contributed by atoms with Crippen LogP contribution in [0.15, 0.2) is 36.4 Å². The first-order valence-corrected chi connectivity index (χ1v) is 15.2. The Balaban J connectivity index is 1.38. The Morgan fingerprint density at radius 1 is 1.12 bits per heavy atom. The summed E-state index contributed by atoms with van der Waals surface area (Å²) in [5, 5.41) is 10.4. The molecule has 3 aromatic rings. The third kappa shape index (κ3) is 5.30. The number of nitrogens with zero attached hydrogens (tertiary/aromatic N) is 2. The number of hydrogen-bond acceptors (Lipinski definition) is 6. The highest BCUT2D eigenvalue weighted by atomic mass is 32.2. The predicted molar refractivity (Wildman–Crippen MR) is 143 cm³/mol. The Hall–Kier alpha value is -3.87. The monoisotopic (exact) mass is 588 g/mol. The zero-order chi connectivity index (χ0) is 29.2. The van der Waals surface area contributed by atoms with Gasteiger partial charge in [0.2, 0.25) is 5.91 Å². The molecule has 13 heteroatoms. The molecule has 6 rings (SSSR count). The second kappa shape index (κ2) is 9.61. The number of carbonyl (C=O) groups is 2. The molecule has 41 heavy (non-hydrogen) atoms. The van der Waals surface area contributed by atoms with Crippen LogP contribution >= 0.6 is 0 Å². The number of anilines is 1. The van der Waals surface area contributed by atoms with E-state index in [0.717, 1.165) is 42.2 Å². The SMILES string of the molecule is CS(=O)(=O)CC(=O)Nc1c2c(nn1-c1ccc3c(c1)CCC3)C[C@]1(CCc3cc(OCC(F)(F)F)ccc31)NC2=O. The molecule has 2 aromatic carbocycles. The third-order valence-corrected chi connectivity index (χ3v) is 8.59. The smallest absolute Gasteiger partial charge is 0.422 e. The summed E-state index contributed by atoms with van der Waals surface area (Å²) in [6, 6.07) is 10.5. The summed E-state index contributed by atoms with van der Waals surface area (Å²) in [4.78, 5) is 26.4. The molecule has 1 aliphatic heterocycles. The minimum Gasteiger partial charge on any atom is -0.484 e. The van der Waals surface area contributed by atoms with E-state index in [2.05, 4.69) is 10.6 Å². The van der Waals surface area contributed by atoms with E-state index in [4.69, 9.17) is 9.84 Å². The molecule has 0 fully saturated rings. The number of rotatable bonds is 6. The Labute approximate surface area is 234 Å². The Bertz CT molecular complexity index is 1700. The molecule has 1 spiro atoms. The van der Waals surface area contributed by atoms with Gasteiger partial charge < -0.3 is 15.4 Å². The summed E-state index contributed by atoms with van der Waals surface area (Å²) in [7, 11) is -3.63. The highest BCUT2D eigenvalue weighted by Crippen LogP contribution is 2.45. The van der Waals surface area contributed by atoms with Gasteiger partial charge in [0.05, 0.1) is 16.9 Å². The quantitative estimate of drug-likeness (QED) is 0.456. The van der Waals surface area contributed by atoms with Crippen molar-refractivity contribution in [1.29, 1.82) is 0 Å². The molecule has 3 aliphatic rings. The number of hydrogen-bond donors (Lipinski definition) is 2. The molecule has 2 amide bonds. The van der Waals surface area contributed by atoms with E-state index in [1.165, 1.54) is 16.3 Å². The number of carbonyl (C=O) groups excluding carboxylic acids is 2. The highest BCUT2D eigenvalue weighted by Gasteiger charge is 2.47. The number of fused-ring (bicyclic) bond motifs is 4. The molecule has 9 nitrogen and oxygen atoms in total. The van der Waals surface area contributed by atoms with Crippen molar-refractivity contribution in [3.8, 4) is 11.4 Å². The minimum atomic E-state index is -4.46. The Kier molecular flexibility index (Phi) is 6.40. The minimum absolute atomic E-state index is 0.0908. The first-order chi connectivity index (χ1) is 19.3. The number of amides is 2. The van der Waals surface area contributed by atoms with Gasteiger partial charge in [-0.2, -0.15) is 18.3 Å². The Morgan fingerprint density at radius 3 is 2.66 bits per heavy atom. The molecule has 0 saturated heterocycles. The number of nitrogens with one attached hydrogen (secondary N) is 2. The lowest BCUT2D eigenvalue weighted by molar-refractivity contribution is -0.153. The summed E-state index contributed by atoms with van der Waals surface area (Å²) in [6.07, 6.45) is 0.671. The van der Waals surface area contributed by atoms with Crippen LogP contribution in [0, 0.1) is 0 Å². The molecule has 1 atom stereocenters. The van der Waals surface area contributed by atoms with Crippen LogP contribution in [-0.2, 0) is 45.9 Å². The lowest BCUT2D eigenvalue weighted by atomic mass is 9.82. The number of aryl methyl sites for hydroxylation is 3. The van der Waals surface area contributed by atoms with Gasteiger partial charge in [-0.3, -0.25) is 9.59 Å². The number of benzene rings is 2. The van der Waals surface area contributed by atoms with Crippen LogP contribution in [0.25, 0.3) is 5.69 Å². The van der Waals surface area contributed by atoms with Crippen molar-refractivity contribution in [2.45, 2.75) is 50.2 Å². The van der Waals surface area contributed by atoms with E-state index in [9.17, 15) is 31.2 Å². The molecule has 216 valence electrons. The van der Waals surface area contributed by atoms with E-state index < -0.39 is 45.7 Å². The van der Waals surface area contributed by atoms with Crippen LogP contribution in [0.4, 0.5) is 19.0 Å². The molecule has 0 bridgehead atoms. The second-order valence-electron chi connectivity index (χ2n) is 10.9. The molecule has 0 radical (unpaired) electrons. The van der Waals surface area contributed by atoms with E-state index in [1.54, 1.807) is 12.1 Å². The first kappa shape index (κ1) is 27.3. The first-order valence-electron chi connectivity index (χ1n) is 13.2. The summed E-state index contributed by atoms with van der Waals surface area (Å²) < 4.78 is 67.8. The lowest BCUT2D eigenvalue weighted by Crippen LogP contribution is -2.49. The van der Waals surface area contributed by atoms with Gasteiger partial charge in [0.1, 0.15) is 22.9 Å². The second-order valence-corrected chi connectivity index (χ2v) is 13.1. The molecule has 2 N–H and O–H groups in total. The van der Waals surface area contributed by atoms with Crippen LogP contribution in [0.3, 0.4) is 0 Å². The van der Waals surface area contributed by atoms with Gasteiger partial charge in [0, 0.05) is 12.7 Å². The van der Waals surface area contributed by atoms with Crippen LogP contribution in [-0.4, -0.2) is 54.8 Å². The number of alkyl halides is 3.